The van der Waals surface area contributed by atoms with Gasteiger partial charge >= 0.3 is 17.8 Å². The molecule has 8 nitrogen and oxygen atoms in total. The minimum atomic E-state index is -0.990. The van der Waals surface area contributed by atoms with E-state index in [0.717, 1.165) is 24.2 Å². The Balaban J connectivity index is 1.70. The fourth-order valence-electron chi connectivity index (χ4n) is 3.66. The number of carbonyl (C=O) groups is 4. The van der Waals surface area contributed by atoms with Gasteiger partial charge in [-0.15, -0.1) is 0 Å². The van der Waals surface area contributed by atoms with Crippen molar-refractivity contribution in [3.8, 4) is 6.07 Å². The molecule has 0 bridgehead atoms. The van der Waals surface area contributed by atoms with Gasteiger partial charge in [0.2, 0.25) is 5.91 Å². The summed E-state index contributed by atoms with van der Waals surface area (Å²) in [5.41, 5.74) is 0.574. The molecule has 2 fully saturated rings. The van der Waals surface area contributed by atoms with Crippen molar-refractivity contribution >= 4 is 41.0 Å². The molecule has 1 aliphatic heterocycles. The van der Waals surface area contributed by atoms with Gasteiger partial charge in [-0.25, -0.2) is 9.69 Å². The van der Waals surface area contributed by atoms with Crippen molar-refractivity contribution in [1.82, 2.24) is 9.80 Å². The second-order valence-electron chi connectivity index (χ2n) is 7.03. The van der Waals surface area contributed by atoms with Gasteiger partial charge in [0.05, 0.1) is 10.6 Å². The third-order valence-corrected chi connectivity index (χ3v) is 5.47. The monoisotopic (exact) mass is 402 g/mol. The molecule has 28 heavy (non-hydrogen) atoms. The summed E-state index contributed by atoms with van der Waals surface area (Å²) in [5, 5.41) is 11.6. The molecule has 1 N–H and O–H groups in total. The zero-order valence-corrected chi connectivity index (χ0v) is 16.0. The Kier molecular flexibility index (Phi) is 5.66. The Bertz CT molecular complexity index is 894. The Hall–Kier alpha value is -2.92. The molecule has 0 spiro atoms. The molecule has 146 valence electrons. The average Bonchev–Trinajstić information content (AvgIpc) is 2.86. The lowest BCUT2D eigenvalue weighted by atomic mass is 9.85. The van der Waals surface area contributed by atoms with Gasteiger partial charge in [-0.05, 0) is 37.0 Å². The van der Waals surface area contributed by atoms with Gasteiger partial charge in [0, 0.05) is 11.7 Å². The highest BCUT2D eigenvalue weighted by Crippen LogP contribution is 2.31. The summed E-state index contributed by atoms with van der Waals surface area (Å²) in [4.78, 5) is 51.3. The second kappa shape index (κ2) is 7.98. The minimum Gasteiger partial charge on any atom is -0.324 e. The van der Waals surface area contributed by atoms with Gasteiger partial charge in [0.25, 0.3) is 0 Å². The summed E-state index contributed by atoms with van der Waals surface area (Å²) in [6.07, 6.45) is 3.47. The maximum absolute atomic E-state index is 12.7. The number of rotatable bonds is 4. The van der Waals surface area contributed by atoms with E-state index < -0.39 is 30.3 Å². The fraction of sp³-hybridized carbons (Fsp3) is 0.421. The van der Waals surface area contributed by atoms with E-state index in [9.17, 15) is 19.2 Å². The normalized spacial score (nSPS) is 22.4. The van der Waals surface area contributed by atoms with E-state index in [2.05, 4.69) is 5.32 Å². The van der Waals surface area contributed by atoms with E-state index in [1.165, 1.54) is 18.2 Å². The molecule has 1 heterocycles. The van der Waals surface area contributed by atoms with Gasteiger partial charge in [-0.2, -0.15) is 5.26 Å². The molecule has 1 saturated heterocycles. The van der Waals surface area contributed by atoms with Crippen molar-refractivity contribution < 1.29 is 19.2 Å². The molecular formula is C19H19ClN4O4. The van der Waals surface area contributed by atoms with Crippen molar-refractivity contribution in [1.29, 1.82) is 5.26 Å². The first-order valence-electron chi connectivity index (χ1n) is 9.02. The number of halogens is 1. The zero-order chi connectivity index (χ0) is 20.4. The zero-order valence-electron chi connectivity index (χ0n) is 15.3. The number of hydrogen-bond donors (Lipinski definition) is 1. The number of nitrogens with one attached hydrogen (secondary N) is 1. The van der Waals surface area contributed by atoms with Crippen LogP contribution in [0.5, 0.6) is 0 Å². The second-order valence-corrected chi connectivity index (χ2v) is 7.44. The van der Waals surface area contributed by atoms with E-state index in [-0.39, 0.29) is 22.5 Å². The Morgan fingerprint density at radius 3 is 2.61 bits per heavy atom. The van der Waals surface area contributed by atoms with Crippen molar-refractivity contribution in [3.63, 3.8) is 0 Å². The first kappa shape index (κ1) is 19.8. The number of hydrogen-bond acceptors (Lipinski definition) is 5. The van der Waals surface area contributed by atoms with E-state index in [4.69, 9.17) is 16.9 Å². The smallest absolute Gasteiger partial charge is 0.324 e. The summed E-state index contributed by atoms with van der Waals surface area (Å²) in [6, 6.07) is 5.16. The van der Waals surface area contributed by atoms with Crippen molar-refractivity contribution in [2.24, 2.45) is 5.92 Å². The van der Waals surface area contributed by atoms with Crippen molar-refractivity contribution in [3.05, 3.63) is 28.8 Å². The summed E-state index contributed by atoms with van der Waals surface area (Å²) < 4.78 is 0. The van der Waals surface area contributed by atoms with Crippen LogP contribution in [-0.4, -0.2) is 46.1 Å². The summed E-state index contributed by atoms with van der Waals surface area (Å²) in [5.74, 6) is -2.40. The minimum absolute atomic E-state index is 0.115. The molecule has 0 aromatic heterocycles. The van der Waals surface area contributed by atoms with Crippen LogP contribution < -0.4 is 5.32 Å². The lowest BCUT2D eigenvalue weighted by molar-refractivity contribution is -0.145. The van der Waals surface area contributed by atoms with Crippen LogP contribution in [0.15, 0.2) is 18.2 Å². The number of carbonyl (C=O) groups excluding carboxylic acids is 4. The van der Waals surface area contributed by atoms with Gasteiger partial charge in [-0.3, -0.25) is 19.3 Å². The summed E-state index contributed by atoms with van der Waals surface area (Å²) in [6.45, 7) is 1.39. The van der Waals surface area contributed by atoms with E-state index in [1.807, 2.05) is 13.0 Å². The van der Waals surface area contributed by atoms with Crippen LogP contribution in [0.1, 0.15) is 38.2 Å². The predicted octanol–water partition coefficient (Wildman–Crippen LogP) is 2.52. The lowest BCUT2D eigenvalue weighted by Gasteiger charge is -2.34. The number of benzene rings is 1. The molecule has 2 atom stereocenters. The quantitative estimate of drug-likeness (QED) is 0.614. The summed E-state index contributed by atoms with van der Waals surface area (Å²) in [7, 11) is 0. The lowest BCUT2D eigenvalue weighted by Crippen LogP contribution is -2.46. The third kappa shape index (κ3) is 3.71. The molecule has 0 unspecified atom stereocenters. The summed E-state index contributed by atoms with van der Waals surface area (Å²) >= 11 is 5.92. The van der Waals surface area contributed by atoms with Crippen molar-refractivity contribution in [2.75, 3.05) is 11.9 Å². The van der Waals surface area contributed by atoms with Crippen molar-refractivity contribution in [2.45, 2.75) is 38.6 Å². The molecule has 1 aliphatic carbocycles. The van der Waals surface area contributed by atoms with Crippen LogP contribution >= 0.6 is 11.6 Å². The molecule has 2 aliphatic rings. The number of imide groups is 2. The average molecular weight is 403 g/mol. The first-order valence-corrected chi connectivity index (χ1v) is 9.39. The van der Waals surface area contributed by atoms with Crippen LogP contribution in [0.2, 0.25) is 5.02 Å². The highest BCUT2D eigenvalue weighted by molar-refractivity contribution is 6.45. The van der Waals surface area contributed by atoms with Gasteiger partial charge in [0.1, 0.15) is 12.6 Å². The highest BCUT2D eigenvalue weighted by atomic mass is 35.5. The standard InChI is InChI=1S/C19H19ClN4O4/c1-11-4-2-3-5-15(11)24-18(27)17(26)23(19(24)28)10-16(25)22-13-7-6-12(9-21)14(20)8-13/h6-8,11,15H,2-5,10H2,1H3,(H,22,25)/t11-,15-/m1/s1. The Morgan fingerprint density at radius 2 is 1.96 bits per heavy atom. The largest absolute Gasteiger partial charge is 0.334 e. The number of anilines is 1. The number of urea groups is 1. The van der Waals surface area contributed by atoms with Gasteiger partial charge < -0.3 is 5.32 Å². The molecule has 3 rings (SSSR count). The number of nitriles is 1. The van der Waals surface area contributed by atoms with Gasteiger partial charge in [0.15, 0.2) is 0 Å². The van der Waals surface area contributed by atoms with Gasteiger partial charge in [-0.1, -0.05) is 31.4 Å². The first-order chi connectivity index (χ1) is 13.3. The number of amides is 5. The maximum Gasteiger partial charge on any atom is 0.334 e. The SMILES string of the molecule is C[C@@H]1CCCC[C@H]1N1C(=O)C(=O)N(CC(=O)Nc2ccc(C#N)c(Cl)c2)C1=O. The van der Waals surface area contributed by atoms with Crippen LogP contribution in [-0.2, 0) is 14.4 Å². The topological polar surface area (TPSA) is 111 Å². The van der Waals surface area contributed by atoms with Crippen LogP contribution in [0.3, 0.4) is 0 Å². The highest BCUT2D eigenvalue weighted by Gasteiger charge is 2.49. The molecule has 9 heteroatoms. The van der Waals surface area contributed by atoms with Crippen LogP contribution in [0.4, 0.5) is 10.5 Å². The molecule has 1 saturated carbocycles. The van der Waals surface area contributed by atoms with E-state index in [1.54, 1.807) is 0 Å². The number of nitrogens with zero attached hydrogens (tertiary/aromatic N) is 3. The van der Waals surface area contributed by atoms with E-state index >= 15 is 0 Å². The predicted molar refractivity (Wildman–Crippen MR) is 100 cm³/mol. The van der Waals surface area contributed by atoms with E-state index in [0.29, 0.717) is 17.0 Å². The molecule has 1 aromatic carbocycles. The Morgan fingerprint density at radius 1 is 1.25 bits per heavy atom. The molecule has 1 aromatic rings. The molecular weight excluding hydrogens is 384 g/mol. The molecule has 0 radical (unpaired) electrons. The van der Waals surface area contributed by atoms with Crippen LogP contribution in [0, 0.1) is 17.2 Å². The Labute approximate surface area is 167 Å². The molecule has 5 amide bonds. The third-order valence-electron chi connectivity index (χ3n) is 5.16. The fourth-order valence-corrected chi connectivity index (χ4v) is 3.88. The maximum atomic E-state index is 12.7. The van der Waals surface area contributed by atoms with Crippen LogP contribution in [0.25, 0.3) is 0 Å².